The molecule has 0 aromatic carbocycles. The number of carbonyl (C=O) groups excluding carboxylic acids is 1. The molecule has 0 radical (unpaired) electrons. The smallest absolute Gasteiger partial charge is 0.266 e. The summed E-state index contributed by atoms with van der Waals surface area (Å²) in [5, 5.41) is 0. The Balaban J connectivity index is 2.17. The Kier molecular flexibility index (Phi) is 4.33. The maximum atomic E-state index is 12.1. The first-order chi connectivity index (χ1) is 9.28. The summed E-state index contributed by atoms with van der Waals surface area (Å²) in [7, 11) is -2.27. The Hall–Kier alpha value is -1.16. The molecule has 0 bridgehead atoms. The van der Waals surface area contributed by atoms with E-state index in [1.807, 2.05) is 29.9 Å². The van der Waals surface area contributed by atoms with E-state index in [-0.39, 0.29) is 12.5 Å². The first-order valence-electron chi connectivity index (χ1n) is 5.60. The van der Waals surface area contributed by atoms with E-state index in [9.17, 15) is 13.2 Å². The second-order valence-electron chi connectivity index (χ2n) is 4.16. The summed E-state index contributed by atoms with van der Waals surface area (Å²) in [6.45, 7) is -0.145. The molecule has 0 saturated carbocycles. The fourth-order valence-corrected chi connectivity index (χ4v) is 3.36. The zero-order chi connectivity index (χ0) is 14.9. The van der Waals surface area contributed by atoms with Crippen LogP contribution >= 0.6 is 24.0 Å². The predicted molar refractivity (Wildman–Crippen MR) is 81.7 cm³/mol. The third kappa shape index (κ3) is 3.48. The number of nitrogens with zero attached hydrogens (tertiary/aromatic N) is 2. The van der Waals surface area contributed by atoms with Crippen LogP contribution < -0.4 is 0 Å². The van der Waals surface area contributed by atoms with Crippen LogP contribution in [0.5, 0.6) is 0 Å². The molecule has 0 spiro atoms. The van der Waals surface area contributed by atoms with E-state index in [4.69, 9.17) is 16.8 Å². The highest BCUT2D eigenvalue weighted by molar-refractivity contribution is 8.26. The molecule has 1 aliphatic heterocycles. The lowest BCUT2D eigenvalue weighted by atomic mass is 10.3. The van der Waals surface area contributed by atoms with Crippen LogP contribution in [0.2, 0.25) is 0 Å². The maximum Gasteiger partial charge on any atom is 0.266 e. The van der Waals surface area contributed by atoms with E-state index in [1.54, 1.807) is 6.08 Å². The van der Waals surface area contributed by atoms with Gasteiger partial charge in [-0.3, -0.25) is 14.2 Å². The highest BCUT2D eigenvalue weighted by Crippen LogP contribution is 2.32. The molecule has 1 N–H and O–H groups in total. The van der Waals surface area contributed by atoms with Crippen molar-refractivity contribution >= 4 is 50.4 Å². The number of hydrogen-bond donors (Lipinski definition) is 1. The zero-order valence-corrected chi connectivity index (χ0v) is 13.0. The third-order valence-corrected chi connectivity index (χ3v) is 4.79. The van der Waals surface area contributed by atoms with Crippen LogP contribution in [0.1, 0.15) is 5.69 Å². The summed E-state index contributed by atoms with van der Waals surface area (Å²) in [6, 6.07) is 3.70. The average Bonchev–Trinajstić information content (AvgIpc) is 2.83. The Morgan fingerprint density at radius 2 is 2.20 bits per heavy atom. The van der Waals surface area contributed by atoms with Gasteiger partial charge in [0.25, 0.3) is 16.0 Å². The van der Waals surface area contributed by atoms with Crippen molar-refractivity contribution in [3.05, 3.63) is 28.9 Å². The Morgan fingerprint density at radius 1 is 1.50 bits per heavy atom. The van der Waals surface area contributed by atoms with Crippen molar-refractivity contribution in [2.75, 3.05) is 12.3 Å². The molecule has 6 nitrogen and oxygen atoms in total. The van der Waals surface area contributed by atoms with Crippen LogP contribution in [0, 0.1) is 0 Å². The molecule has 1 saturated heterocycles. The topological polar surface area (TPSA) is 79.6 Å². The van der Waals surface area contributed by atoms with Crippen molar-refractivity contribution in [2.45, 2.75) is 0 Å². The molecule has 108 valence electrons. The monoisotopic (exact) mass is 332 g/mol. The number of rotatable bonds is 4. The van der Waals surface area contributed by atoms with Crippen LogP contribution in [0.25, 0.3) is 6.08 Å². The quantitative estimate of drug-likeness (QED) is 0.505. The van der Waals surface area contributed by atoms with Crippen LogP contribution in [0.4, 0.5) is 0 Å². The molecule has 1 aromatic rings. The fourth-order valence-electron chi connectivity index (χ4n) is 1.66. The summed E-state index contributed by atoms with van der Waals surface area (Å²) >= 11 is 6.17. The van der Waals surface area contributed by atoms with E-state index in [2.05, 4.69) is 0 Å². The number of carbonyl (C=O) groups is 1. The predicted octanol–water partition coefficient (Wildman–Crippen LogP) is 1.11. The van der Waals surface area contributed by atoms with E-state index in [0.29, 0.717) is 9.23 Å². The minimum absolute atomic E-state index is 0.145. The summed E-state index contributed by atoms with van der Waals surface area (Å²) < 4.78 is 32.3. The van der Waals surface area contributed by atoms with Gasteiger partial charge in [0.15, 0.2) is 0 Å². The number of aromatic nitrogens is 1. The van der Waals surface area contributed by atoms with Crippen molar-refractivity contribution in [1.29, 1.82) is 0 Å². The minimum Gasteiger partial charge on any atom is -0.351 e. The summed E-state index contributed by atoms with van der Waals surface area (Å²) in [6.07, 6.45) is 3.55. The van der Waals surface area contributed by atoms with Gasteiger partial charge in [0.05, 0.1) is 10.7 Å². The van der Waals surface area contributed by atoms with E-state index < -0.39 is 15.9 Å². The molecule has 1 aromatic heterocycles. The lowest BCUT2D eigenvalue weighted by Gasteiger charge is -2.12. The van der Waals surface area contributed by atoms with Gasteiger partial charge in [-0.25, -0.2) is 0 Å². The Morgan fingerprint density at radius 3 is 2.75 bits per heavy atom. The lowest BCUT2D eigenvalue weighted by molar-refractivity contribution is -0.121. The van der Waals surface area contributed by atoms with Gasteiger partial charge in [-0.2, -0.15) is 8.42 Å². The van der Waals surface area contributed by atoms with Gasteiger partial charge >= 0.3 is 0 Å². The van der Waals surface area contributed by atoms with Gasteiger partial charge in [0, 0.05) is 25.5 Å². The zero-order valence-electron chi connectivity index (χ0n) is 10.5. The van der Waals surface area contributed by atoms with Gasteiger partial charge < -0.3 is 4.57 Å². The maximum absolute atomic E-state index is 12.1. The Labute approximate surface area is 126 Å². The van der Waals surface area contributed by atoms with Gasteiger partial charge in [-0.15, -0.1) is 0 Å². The largest absolute Gasteiger partial charge is 0.351 e. The fraction of sp³-hybridized carbons (Fsp3) is 0.273. The molecular formula is C11H12N2O4S3. The Bertz CT molecular complexity index is 690. The molecular weight excluding hydrogens is 320 g/mol. The molecule has 0 aliphatic carbocycles. The standard InChI is InChI=1S/C11H12N2O4S3/c1-12-4-2-3-8(12)7-9-10(14)13(11(18)19-9)5-6-20(15,16)17/h2-4,7H,5-6H2,1H3,(H,15,16,17)/b9-7+. The molecule has 0 atom stereocenters. The van der Waals surface area contributed by atoms with Gasteiger partial charge in [-0.1, -0.05) is 24.0 Å². The number of thioether (sulfide) groups is 1. The van der Waals surface area contributed by atoms with E-state index in [0.717, 1.165) is 17.5 Å². The summed E-state index contributed by atoms with van der Waals surface area (Å²) in [4.78, 5) is 13.8. The normalized spacial score (nSPS) is 18.3. The van der Waals surface area contributed by atoms with Crippen LogP contribution in [-0.2, 0) is 22.0 Å². The van der Waals surface area contributed by atoms with Crippen LogP contribution in [0.3, 0.4) is 0 Å². The lowest BCUT2D eigenvalue weighted by Crippen LogP contribution is -2.32. The van der Waals surface area contributed by atoms with E-state index >= 15 is 0 Å². The molecule has 2 heterocycles. The van der Waals surface area contributed by atoms with Crippen LogP contribution in [0.15, 0.2) is 23.2 Å². The first-order valence-corrected chi connectivity index (χ1v) is 8.43. The minimum atomic E-state index is -4.12. The van der Waals surface area contributed by atoms with Crippen molar-refractivity contribution in [3.63, 3.8) is 0 Å². The number of aryl methyl sites for hydroxylation is 1. The number of thiocarbonyl (C=S) groups is 1. The molecule has 1 aliphatic rings. The summed E-state index contributed by atoms with van der Waals surface area (Å²) in [5.41, 5.74) is 0.847. The molecule has 20 heavy (non-hydrogen) atoms. The second kappa shape index (κ2) is 5.68. The molecule has 1 fully saturated rings. The SMILES string of the molecule is Cn1cccc1/C=C1/SC(=S)N(CCS(=O)(=O)O)C1=O. The molecule has 9 heteroatoms. The molecule has 2 rings (SSSR count). The number of hydrogen-bond acceptors (Lipinski definition) is 5. The highest BCUT2D eigenvalue weighted by Gasteiger charge is 2.32. The van der Waals surface area contributed by atoms with Crippen LogP contribution in [-0.4, -0.2) is 45.0 Å². The number of amides is 1. The van der Waals surface area contributed by atoms with Gasteiger partial charge in [0.1, 0.15) is 4.32 Å². The van der Waals surface area contributed by atoms with Crippen molar-refractivity contribution < 1.29 is 17.8 Å². The van der Waals surface area contributed by atoms with Gasteiger partial charge in [-0.05, 0) is 18.2 Å². The molecule has 1 amide bonds. The van der Waals surface area contributed by atoms with Crippen molar-refractivity contribution in [1.82, 2.24) is 9.47 Å². The second-order valence-corrected chi connectivity index (χ2v) is 7.41. The average molecular weight is 332 g/mol. The van der Waals surface area contributed by atoms with E-state index in [1.165, 1.54) is 4.90 Å². The highest BCUT2D eigenvalue weighted by atomic mass is 32.2. The third-order valence-electron chi connectivity index (χ3n) is 2.71. The van der Waals surface area contributed by atoms with Crippen molar-refractivity contribution in [3.8, 4) is 0 Å². The van der Waals surface area contributed by atoms with Gasteiger partial charge in [0.2, 0.25) is 0 Å². The van der Waals surface area contributed by atoms with Crippen molar-refractivity contribution in [2.24, 2.45) is 7.05 Å². The summed E-state index contributed by atoms with van der Waals surface area (Å²) in [5.74, 6) is -0.874. The first kappa shape index (κ1) is 15.2. The molecule has 0 unspecified atom stereocenters.